The molecule has 0 unspecified atom stereocenters. The minimum atomic E-state index is -0.464. The normalized spacial score (nSPS) is 11.7. The summed E-state index contributed by atoms with van der Waals surface area (Å²) in [7, 11) is 1.64. The van der Waals surface area contributed by atoms with E-state index in [0.717, 1.165) is 16.9 Å². The number of aryl methyl sites for hydroxylation is 1. The number of rotatable bonds is 4. The summed E-state index contributed by atoms with van der Waals surface area (Å²) in [5.74, 6) is 0.331. The average Bonchev–Trinajstić information content (AvgIpc) is 2.50. The maximum Gasteiger partial charge on any atom is 0.171 e. The van der Waals surface area contributed by atoms with Crippen LogP contribution in [0.25, 0.3) is 0 Å². The highest BCUT2D eigenvalue weighted by Crippen LogP contribution is 2.26. The van der Waals surface area contributed by atoms with Gasteiger partial charge >= 0.3 is 0 Å². The Morgan fingerprint density at radius 2 is 2.00 bits per heavy atom. The largest absolute Gasteiger partial charge is 0.496 e. The first-order chi connectivity index (χ1) is 10.9. The standard InChI is InChI=1S/C17H18ClFN2OS/c1-10-4-7-16(22-3)13(8-10)11(2)20-17(23)21-12-5-6-15(19)14(18)9-12/h4-9,11H,1-3H3,(H2,20,21,23)/t11-/m1/s1. The number of ether oxygens (including phenoxy) is 1. The van der Waals surface area contributed by atoms with E-state index in [1.165, 1.54) is 12.1 Å². The van der Waals surface area contributed by atoms with Crippen molar-refractivity contribution in [3.8, 4) is 5.75 Å². The van der Waals surface area contributed by atoms with Crippen LogP contribution in [-0.4, -0.2) is 12.2 Å². The van der Waals surface area contributed by atoms with Gasteiger partial charge in [0, 0.05) is 11.3 Å². The van der Waals surface area contributed by atoms with Crippen LogP contribution in [-0.2, 0) is 0 Å². The maximum atomic E-state index is 13.2. The second kappa shape index (κ2) is 7.62. The summed E-state index contributed by atoms with van der Waals surface area (Å²) < 4.78 is 18.6. The highest BCUT2D eigenvalue weighted by Gasteiger charge is 2.13. The third kappa shape index (κ3) is 4.56. The van der Waals surface area contributed by atoms with Gasteiger partial charge in [-0.15, -0.1) is 0 Å². The van der Waals surface area contributed by atoms with Crippen LogP contribution in [0.4, 0.5) is 10.1 Å². The van der Waals surface area contributed by atoms with Crippen molar-refractivity contribution in [2.75, 3.05) is 12.4 Å². The molecule has 0 heterocycles. The van der Waals surface area contributed by atoms with Crippen molar-refractivity contribution in [2.45, 2.75) is 19.9 Å². The van der Waals surface area contributed by atoms with E-state index in [4.69, 9.17) is 28.6 Å². The Kier molecular flexibility index (Phi) is 5.80. The summed E-state index contributed by atoms with van der Waals surface area (Å²) in [4.78, 5) is 0. The highest BCUT2D eigenvalue weighted by atomic mass is 35.5. The van der Waals surface area contributed by atoms with Gasteiger partial charge in [0.1, 0.15) is 11.6 Å². The van der Waals surface area contributed by atoms with E-state index in [9.17, 15) is 4.39 Å². The Morgan fingerprint density at radius 3 is 2.65 bits per heavy atom. The van der Waals surface area contributed by atoms with Gasteiger partial charge in [-0.25, -0.2) is 4.39 Å². The van der Waals surface area contributed by atoms with Crippen molar-refractivity contribution >= 4 is 34.6 Å². The Hall–Kier alpha value is -1.85. The van der Waals surface area contributed by atoms with Gasteiger partial charge in [0.2, 0.25) is 0 Å². The lowest BCUT2D eigenvalue weighted by atomic mass is 10.0. The van der Waals surface area contributed by atoms with E-state index < -0.39 is 5.82 Å². The number of benzene rings is 2. The quantitative estimate of drug-likeness (QED) is 0.771. The predicted octanol–water partition coefficient (Wildman–Crippen LogP) is 4.84. The van der Waals surface area contributed by atoms with Crippen LogP contribution in [0, 0.1) is 12.7 Å². The van der Waals surface area contributed by atoms with Crippen molar-refractivity contribution in [2.24, 2.45) is 0 Å². The maximum absolute atomic E-state index is 13.2. The van der Waals surface area contributed by atoms with Crippen molar-refractivity contribution in [1.82, 2.24) is 5.32 Å². The molecule has 6 heteroatoms. The van der Waals surface area contributed by atoms with Crippen LogP contribution in [0.1, 0.15) is 24.1 Å². The zero-order chi connectivity index (χ0) is 17.0. The minimum Gasteiger partial charge on any atom is -0.496 e. The van der Waals surface area contributed by atoms with E-state index in [0.29, 0.717) is 10.8 Å². The summed E-state index contributed by atoms with van der Waals surface area (Å²) in [5.41, 5.74) is 2.77. The molecule has 2 N–H and O–H groups in total. The molecule has 2 rings (SSSR count). The number of anilines is 1. The molecule has 0 aliphatic rings. The van der Waals surface area contributed by atoms with Gasteiger partial charge in [-0.05, 0) is 50.3 Å². The van der Waals surface area contributed by atoms with Crippen LogP contribution in [0.2, 0.25) is 5.02 Å². The molecular weight excluding hydrogens is 335 g/mol. The number of thiocarbonyl (C=S) groups is 1. The first-order valence-electron chi connectivity index (χ1n) is 7.08. The molecule has 122 valence electrons. The number of hydrogen-bond donors (Lipinski definition) is 2. The molecule has 2 aromatic rings. The summed E-state index contributed by atoms with van der Waals surface area (Å²) in [6, 6.07) is 10.3. The molecular formula is C17H18ClFN2OS. The van der Waals surface area contributed by atoms with Crippen LogP contribution in [0.3, 0.4) is 0 Å². The third-order valence-corrected chi connectivity index (χ3v) is 3.89. The monoisotopic (exact) mass is 352 g/mol. The molecule has 0 amide bonds. The molecule has 2 aromatic carbocycles. The molecule has 0 aromatic heterocycles. The van der Waals surface area contributed by atoms with Gasteiger partial charge in [-0.1, -0.05) is 29.3 Å². The summed E-state index contributed by atoms with van der Waals surface area (Å²) in [6.45, 7) is 4.01. The molecule has 0 aliphatic carbocycles. The van der Waals surface area contributed by atoms with Crippen LogP contribution < -0.4 is 15.4 Å². The van der Waals surface area contributed by atoms with E-state index in [1.807, 2.05) is 32.0 Å². The lowest BCUT2D eigenvalue weighted by Crippen LogP contribution is -2.31. The number of methoxy groups -OCH3 is 1. The average molecular weight is 353 g/mol. The Balaban J connectivity index is 2.07. The van der Waals surface area contributed by atoms with Crippen LogP contribution >= 0.6 is 23.8 Å². The first kappa shape index (κ1) is 17.5. The zero-order valence-corrected chi connectivity index (χ0v) is 14.7. The second-order valence-electron chi connectivity index (χ2n) is 5.19. The molecule has 0 spiro atoms. The zero-order valence-electron chi connectivity index (χ0n) is 13.1. The summed E-state index contributed by atoms with van der Waals surface area (Å²) in [5, 5.41) is 6.64. The number of nitrogens with one attached hydrogen (secondary N) is 2. The van der Waals surface area contributed by atoms with Gasteiger partial charge in [0.05, 0.1) is 18.2 Å². The van der Waals surface area contributed by atoms with Crippen LogP contribution in [0.5, 0.6) is 5.75 Å². The topological polar surface area (TPSA) is 33.3 Å². The SMILES string of the molecule is COc1ccc(C)cc1[C@@H](C)NC(=S)Nc1ccc(F)c(Cl)c1. The fourth-order valence-electron chi connectivity index (χ4n) is 2.21. The van der Waals surface area contributed by atoms with Crippen molar-refractivity contribution < 1.29 is 9.13 Å². The number of halogens is 2. The van der Waals surface area contributed by atoms with Crippen molar-refractivity contribution in [3.05, 3.63) is 58.4 Å². The Bertz CT molecular complexity index is 724. The molecule has 0 radical (unpaired) electrons. The van der Waals surface area contributed by atoms with E-state index in [2.05, 4.69) is 10.6 Å². The predicted molar refractivity (Wildman–Crippen MR) is 96.9 cm³/mol. The second-order valence-corrected chi connectivity index (χ2v) is 6.01. The van der Waals surface area contributed by atoms with E-state index in [-0.39, 0.29) is 11.1 Å². The van der Waals surface area contributed by atoms with Gasteiger partial charge in [0.15, 0.2) is 5.11 Å². The van der Waals surface area contributed by atoms with Crippen molar-refractivity contribution in [3.63, 3.8) is 0 Å². The van der Waals surface area contributed by atoms with Gasteiger partial charge in [0.25, 0.3) is 0 Å². The summed E-state index contributed by atoms with van der Waals surface area (Å²) >= 11 is 11.1. The molecule has 0 saturated heterocycles. The fraction of sp³-hybridized carbons (Fsp3) is 0.235. The molecule has 3 nitrogen and oxygen atoms in total. The van der Waals surface area contributed by atoms with Crippen molar-refractivity contribution in [1.29, 1.82) is 0 Å². The highest BCUT2D eigenvalue weighted by molar-refractivity contribution is 7.80. The molecule has 0 bridgehead atoms. The molecule has 0 fully saturated rings. The third-order valence-electron chi connectivity index (χ3n) is 3.38. The number of hydrogen-bond acceptors (Lipinski definition) is 2. The smallest absolute Gasteiger partial charge is 0.171 e. The minimum absolute atomic E-state index is 0.0474. The molecule has 0 aliphatic heterocycles. The molecule has 23 heavy (non-hydrogen) atoms. The lowest BCUT2D eigenvalue weighted by Gasteiger charge is -2.20. The summed E-state index contributed by atoms with van der Waals surface area (Å²) in [6.07, 6.45) is 0. The van der Waals surface area contributed by atoms with Gasteiger partial charge in [-0.2, -0.15) is 0 Å². The fourth-order valence-corrected chi connectivity index (χ4v) is 2.68. The van der Waals surface area contributed by atoms with E-state index >= 15 is 0 Å². The molecule has 0 saturated carbocycles. The lowest BCUT2D eigenvalue weighted by molar-refractivity contribution is 0.405. The first-order valence-corrected chi connectivity index (χ1v) is 7.86. The molecule has 1 atom stereocenters. The van der Waals surface area contributed by atoms with Gasteiger partial charge in [-0.3, -0.25) is 0 Å². The Labute approximate surface area is 145 Å². The Morgan fingerprint density at radius 1 is 1.26 bits per heavy atom. The van der Waals surface area contributed by atoms with E-state index in [1.54, 1.807) is 13.2 Å². The van der Waals surface area contributed by atoms with Crippen LogP contribution in [0.15, 0.2) is 36.4 Å². The van der Waals surface area contributed by atoms with Gasteiger partial charge < -0.3 is 15.4 Å².